The minimum absolute atomic E-state index is 0.170. The van der Waals surface area contributed by atoms with Crippen molar-refractivity contribution in [2.45, 2.75) is 18.4 Å². The lowest BCUT2D eigenvalue weighted by atomic mass is 10.2. The van der Waals surface area contributed by atoms with Gasteiger partial charge in [0.25, 0.3) is 0 Å². The molecule has 0 saturated heterocycles. The van der Waals surface area contributed by atoms with Gasteiger partial charge in [-0.2, -0.15) is 0 Å². The summed E-state index contributed by atoms with van der Waals surface area (Å²) in [4.78, 5) is 4.76. The summed E-state index contributed by atoms with van der Waals surface area (Å²) < 4.78 is 0. The molecule has 0 bridgehead atoms. The predicted octanol–water partition coefficient (Wildman–Crippen LogP) is 1.19. The van der Waals surface area contributed by atoms with Gasteiger partial charge < -0.3 is 0 Å². The average Bonchev–Trinajstić information content (AvgIpc) is 2.92. The molecule has 3 rings (SSSR count). The van der Waals surface area contributed by atoms with Crippen molar-refractivity contribution >= 4 is 6.08 Å². The van der Waals surface area contributed by atoms with Gasteiger partial charge in [0, 0.05) is 0 Å². The molecule has 1 fully saturated rings. The molecule has 2 aliphatic rings. The lowest BCUT2D eigenvalue weighted by Gasteiger charge is -1.98. The maximum Gasteiger partial charge on any atom is 0.0800 e. The van der Waals surface area contributed by atoms with Crippen molar-refractivity contribution in [3.63, 3.8) is 0 Å². The van der Waals surface area contributed by atoms with Crippen LogP contribution in [0.15, 0.2) is 41.4 Å². The Kier molecular flexibility index (Phi) is 1.26. The Bertz CT molecular complexity index is 478. The van der Waals surface area contributed by atoms with Crippen molar-refractivity contribution in [2.24, 2.45) is 4.99 Å². The highest BCUT2D eigenvalue weighted by Gasteiger charge is 2.39. The summed E-state index contributed by atoms with van der Waals surface area (Å²) >= 11 is 0. The van der Waals surface area contributed by atoms with E-state index < -0.39 is 0 Å². The number of hydrogen-bond donors (Lipinski definition) is 0. The summed E-state index contributed by atoms with van der Waals surface area (Å²) in [6.45, 7) is 0. The lowest BCUT2D eigenvalue weighted by Crippen LogP contribution is -2.25. The topological polar surface area (TPSA) is 12.4 Å². The molecule has 0 radical (unpaired) electrons. The normalized spacial score (nSPS) is 21.2. The third kappa shape index (κ3) is 1.12. The van der Waals surface area contributed by atoms with Gasteiger partial charge in [0.2, 0.25) is 0 Å². The third-order valence-electron chi connectivity index (χ3n) is 2.72. The number of hydrogen-bond acceptors (Lipinski definition) is 1. The Morgan fingerprint density at radius 1 is 1.15 bits per heavy atom. The number of para-hydroxylation sites is 1. The van der Waals surface area contributed by atoms with E-state index in [1.54, 1.807) is 0 Å². The van der Waals surface area contributed by atoms with Gasteiger partial charge in [-0.15, -0.1) is 0 Å². The highest BCUT2D eigenvalue weighted by molar-refractivity contribution is 5.41. The third-order valence-corrected chi connectivity index (χ3v) is 2.72. The minimum Gasteiger partial charge on any atom is -0.274 e. The number of allylic oxidation sites excluding steroid dienone is 1. The van der Waals surface area contributed by atoms with Crippen molar-refractivity contribution in [3.8, 4) is 0 Å². The van der Waals surface area contributed by atoms with Gasteiger partial charge in [-0.05, 0) is 24.1 Å². The second-order valence-corrected chi connectivity index (χ2v) is 3.80. The molecule has 0 atom stereocenters. The van der Waals surface area contributed by atoms with Crippen molar-refractivity contribution in [1.29, 1.82) is 0 Å². The molecule has 13 heavy (non-hydrogen) atoms. The number of benzene rings is 1. The minimum atomic E-state index is 0.170. The van der Waals surface area contributed by atoms with Crippen LogP contribution in [0.2, 0.25) is 0 Å². The van der Waals surface area contributed by atoms with E-state index in [9.17, 15) is 0 Å². The van der Waals surface area contributed by atoms with Gasteiger partial charge in [0.05, 0.1) is 10.9 Å². The summed E-state index contributed by atoms with van der Waals surface area (Å²) in [6.07, 6.45) is 8.94. The van der Waals surface area contributed by atoms with Gasteiger partial charge in [0.15, 0.2) is 0 Å². The Balaban J connectivity index is 2.34. The summed E-state index contributed by atoms with van der Waals surface area (Å²) in [5.41, 5.74) is 0.170. The Morgan fingerprint density at radius 2 is 2.00 bits per heavy atom. The summed E-state index contributed by atoms with van der Waals surface area (Å²) in [7, 11) is 0. The van der Waals surface area contributed by atoms with Crippen molar-refractivity contribution in [1.82, 2.24) is 0 Å². The van der Waals surface area contributed by atoms with Crippen LogP contribution in [0.25, 0.3) is 6.08 Å². The van der Waals surface area contributed by atoms with Gasteiger partial charge in [-0.3, -0.25) is 4.99 Å². The zero-order valence-corrected chi connectivity index (χ0v) is 7.40. The summed E-state index contributed by atoms with van der Waals surface area (Å²) in [6, 6.07) is 8.32. The molecule has 1 aromatic carbocycles. The molecule has 0 unspecified atom stereocenters. The molecule has 0 amide bonds. The molecule has 1 heteroatoms. The van der Waals surface area contributed by atoms with Gasteiger partial charge in [-0.1, -0.05) is 36.4 Å². The van der Waals surface area contributed by atoms with Gasteiger partial charge >= 0.3 is 0 Å². The monoisotopic (exact) mass is 169 g/mol. The van der Waals surface area contributed by atoms with E-state index in [-0.39, 0.29) is 5.54 Å². The first-order chi connectivity index (χ1) is 6.38. The van der Waals surface area contributed by atoms with Crippen LogP contribution in [0.5, 0.6) is 0 Å². The van der Waals surface area contributed by atoms with Crippen molar-refractivity contribution in [2.75, 3.05) is 0 Å². The van der Waals surface area contributed by atoms with E-state index in [0.717, 1.165) is 5.36 Å². The summed E-state index contributed by atoms with van der Waals surface area (Å²) in [5.74, 6) is 0. The maximum atomic E-state index is 4.76. The van der Waals surface area contributed by atoms with E-state index in [0.29, 0.717) is 0 Å². The second-order valence-electron chi connectivity index (χ2n) is 3.80. The predicted molar refractivity (Wildman–Crippen MR) is 52.8 cm³/mol. The zero-order chi connectivity index (χ0) is 8.73. The van der Waals surface area contributed by atoms with Crippen molar-refractivity contribution in [3.05, 3.63) is 47.0 Å². The van der Waals surface area contributed by atoms with Crippen LogP contribution in [0.4, 0.5) is 0 Å². The fourth-order valence-corrected chi connectivity index (χ4v) is 1.74. The van der Waals surface area contributed by atoms with Crippen LogP contribution >= 0.6 is 0 Å². The SMILES string of the molecule is C1=CC2(CC2)N=c2ccccc2=C1. The zero-order valence-electron chi connectivity index (χ0n) is 7.40. The average molecular weight is 169 g/mol. The van der Waals surface area contributed by atoms with Gasteiger partial charge in [-0.25, -0.2) is 0 Å². The molecule has 1 aliphatic heterocycles. The number of fused-ring (bicyclic) bond motifs is 1. The van der Waals surface area contributed by atoms with Crippen LogP contribution in [0.3, 0.4) is 0 Å². The van der Waals surface area contributed by atoms with E-state index in [2.05, 4.69) is 42.5 Å². The van der Waals surface area contributed by atoms with Crippen LogP contribution < -0.4 is 10.6 Å². The smallest absolute Gasteiger partial charge is 0.0800 e. The first-order valence-corrected chi connectivity index (χ1v) is 4.73. The quantitative estimate of drug-likeness (QED) is 0.553. The van der Waals surface area contributed by atoms with Crippen LogP contribution in [0.1, 0.15) is 12.8 Å². The number of rotatable bonds is 0. The molecule has 1 aliphatic carbocycles. The molecule has 0 N–H and O–H groups in total. The molecule has 64 valence electrons. The molecule has 1 nitrogen and oxygen atoms in total. The maximum absolute atomic E-state index is 4.76. The highest BCUT2D eigenvalue weighted by atomic mass is 14.9. The fourth-order valence-electron chi connectivity index (χ4n) is 1.74. The molecule has 1 saturated carbocycles. The van der Waals surface area contributed by atoms with Crippen LogP contribution in [-0.4, -0.2) is 5.54 Å². The van der Waals surface area contributed by atoms with E-state index in [1.807, 2.05) is 0 Å². The fraction of sp³-hybridized carbons (Fsp3) is 0.250. The molecule has 1 spiro atoms. The largest absolute Gasteiger partial charge is 0.274 e. The molecular formula is C12H11N. The van der Waals surface area contributed by atoms with Crippen molar-refractivity contribution < 1.29 is 0 Å². The Hall–Kier alpha value is -1.37. The van der Waals surface area contributed by atoms with Crippen LogP contribution in [-0.2, 0) is 0 Å². The lowest BCUT2D eigenvalue weighted by molar-refractivity contribution is 0.823. The van der Waals surface area contributed by atoms with Gasteiger partial charge in [0.1, 0.15) is 0 Å². The standard InChI is InChI=1S/C12H11N/c1-2-6-11-10(4-1)5-3-7-12(13-11)8-9-12/h1-7H,8-9H2. The summed E-state index contributed by atoms with van der Waals surface area (Å²) in [5, 5.41) is 2.38. The molecular weight excluding hydrogens is 158 g/mol. The first-order valence-electron chi connectivity index (χ1n) is 4.73. The molecule has 0 aromatic heterocycles. The number of nitrogens with zero attached hydrogens (tertiary/aromatic N) is 1. The first kappa shape index (κ1) is 7.07. The molecule has 1 aromatic rings. The highest BCUT2D eigenvalue weighted by Crippen LogP contribution is 2.40. The Morgan fingerprint density at radius 3 is 2.85 bits per heavy atom. The second kappa shape index (κ2) is 2.32. The van der Waals surface area contributed by atoms with E-state index in [1.165, 1.54) is 18.1 Å². The molecule has 1 heterocycles. The van der Waals surface area contributed by atoms with Crippen LogP contribution in [0, 0.1) is 0 Å². The Labute approximate surface area is 77.1 Å². The van der Waals surface area contributed by atoms with E-state index in [4.69, 9.17) is 4.99 Å². The van der Waals surface area contributed by atoms with E-state index >= 15 is 0 Å².